The van der Waals surface area contributed by atoms with Crippen molar-refractivity contribution < 1.29 is 9.18 Å². The van der Waals surface area contributed by atoms with Crippen molar-refractivity contribution in [3.05, 3.63) is 116 Å². The number of fused-ring (bicyclic) bond motifs is 1. The zero-order valence-electron chi connectivity index (χ0n) is 17.9. The van der Waals surface area contributed by atoms with Crippen LogP contribution in [0.25, 0.3) is 10.8 Å². The summed E-state index contributed by atoms with van der Waals surface area (Å²) in [6, 6.07) is 19.1. The third-order valence-electron chi connectivity index (χ3n) is 5.58. The highest BCUT2D eigenvalue weighted by Crippen LogP contribution is 2.21. The van der Waals surface area contributed by atoms with Crippen LogP contribution in [0.5, 0.6) is 0 Å². The summed E-state index contributed by atoms with van der Waals surface area (Å²) in [5, 5.41) is 2.15. The summed E-state index contributed by atoms with van der Waals surface area (Å²) in [6.45, 7) is 3.51. The van der Waals surface area contributed by atoms with Crippen molar-refractivity contribution in [1.29, 1.82) is 0 Å². The molecule has 32 heavy (non-hydrogen) atoms. The molecule has 5 nitrogen and oxygen atoms in total. The number of carbonyl (C=O) groups excluding carboxylic acids is 1. The summed E-state index contributed by atoms with van der Waals surface area (Å²) < 4.78 is 14.6. The van der Waals surface area contributed by atoms with Gasteiger partial charge in [0, 0.05) is 23.2 Å². The molecule has 0 fully saturated rings. The van der Waals surface area contributed by atoms with Crippen LogP contribution in [0.2, 0.25) is 0 Å². The fourth-order valence-corrected chi connectivity index (χ4v) is 4.00. The van der Waals surface area contributed by atoms with Gasteiger partial charge in [0.25, 0.3) is 5.56 Å². The Labute approximate surface area is 184 Å². The number of rotatable bonds is 6. The molecule has 0 saturated heterocycles. The number of Topliss-reactive ketones (excluding diaryl/α,β-unsaturated/α-hetero) is 1. The Morgan fingerprint density at radius 2 is 1.66 bits per heavy atom. The van der Waals surface area contributed by atoms with E-state index in [9.17, 15) is 18.8 Å². The molecule has 4 aromatic rings. The maximum Gasteiger partial charge on any atom is 0.328 e. The first-order valence-electron chi connectivity index (χ1n) is 10.5. The molecular weight excluding hydrogens is 407 g/mol. The molecule has 0 saturated carbocycles. The molecule has 0 bridgehead atoms. The fourth-order valence-electron chi connectivity index (χ4n) is 4.00. The van der Waals surface area contributed by atoms with Crippen LogP contribution in [-0.2, 0) is 13.0 Å². The Morgan fingerprint density at radius 1 is 0.969 bits per heavy atom. The predicted octanol–water partition coefficient (Wildman–Crippen LogP) is 4.43. The van der Waals surface area contributed by atoms with Crippen LogP contribution in [0.3, 0.4) is 0 Å². The van der Waals surface area contributed by atoms with E-state index in [1.165, 1.54) is 28.8 Å². The van der Waals surface area contributed by atoms with E-state index in [1.807, 2.05) is 56.3 Å². The Bertz CT molecular complexity index is 1420. The minimum atomic E-state index is -0.634. The SMILES string of the molecule is CC(C)c1c(Cc2ccc3ccccc3c2)n(CC(=O)c2ccc(F)cc2)c(=O)[nH]c1=O. The number of benzene rings is 3. The van der Waals surface area contributed by atoms with E-state index in [4.69, 9.17) is 0 Å². The van der Waals surface area contributed by atoms with Crippen molar-refractivity contribution in [2.45, 2.75) is 32.7 Å². The number of ketones is 1. The van der Waals surface area contributed by atoms with Gasteiger partial charge in [0.05, 0.1) is 6.54 Å². The zero-order chi connectivity index (χ0) is 22.8. The number of carbonyl (C=O) groups is 1. The number of aromatic amines is 1. The quantitative estimate of drug-likeness (QED) is 0.460. The number of hydrogen-bond acceptors (Lipinski definition) is 3. The minimum absolute atomic E-state index is 0.151. The van der Waals surface area contributed by atoms with Crippen molar-refractivity contribution in [3.8, 4) is 0 Å². The standard InChI is InChI=1S/C26H23FN2O3/c1-16(2)24-22(14-17-7-8-18-5-3-4-6-20(18)13-17)29(26(32)28-25(24)31)15-23(30)19-9-11-21(27)12-10-19/h3-13,16H,14-15H2,1-2H3,(H,28,31,32). The van der Waals surface area contributed by atoms with E-state index in [0.717, 1.165) is 16.3 Å². The molecule has 0 atom stereocenters. The molecular formula is C26H23FN2O3. The van der Waals surface area contributed by atoms with Crippen LogP contribution < -0.4 is 11.2 Å². The molecule has 4 rings (SSSR count). The minimum Gasteiger partial charge on any atom is -0.292 e. The lowest BCUT2D eigenvalue weighted by molar-refractivity contribution is 0.0969. The molecule has 0 amide bonds. The Morgan fingerprint density at radius 3 is 2.34 bits per heavy atom. The zero-order valence-corrected chi connectivity index (χ0v) is 17.9. The summed E-state index contributed by atoms with van der Waals surface area (Å²) in [5.41, 5.74) is 1.15. The predicted molar refractivity (Wildman–Crippen MR) is 123 cm³/mol. The lowest BCUT2D eigenvalue weighted by Gasteiger charge is -2.18. The van der Waals surface area contributed by atoms with Gasteiger partial charge in [-0.25, -0.2) is 9.18 Å². The first kappa shape index (κ1) is 21.4. The maximum atomic E-state index is 13.2. The Hall–Kier alpha value is -3.80. The number of nitrogens with one attached hydrogen (secondary N) is 1. The molecule has 0 aliphatic heterocycles. The largest absolute Gasteiger partial charge is 0.328 e. The van der Waals surface area contributed by atoms with E-state index in [-0.39, 0.29) is 18.2 Å². The van der Waals surface area contributed by atoms with Gasteiger partial charge < -0.3 is 0 Å². The number of H-pyrrole nitrogens is 1. The molecule has 162 valence electrons. The smallest absolute Gasteiger partial charge is 0.292 e. The van der Waals surface area contributed by atoms with Crippen LogP contribution in [0.1, 0.15) is 46.9 Å². The Balaban J connectivity index is 1.81. The van der Waals surface area contributed by atoms with Crippen LogP contribution in [0, 0.1) is 5.82 Å². The number of nitrogens with zero attached hydrogens (tertiary/aromatic N) is 1. The van der Waals surface area contributed by atoms with Gasteiger partial charge in [-0.2, -0.15) is 0 Å². The summed E-state index contributed by atoms with van der Waals surface area (Å²) in [4.78, 5) is 40.6. The molecule has 0 aliphatic rings. The third kappa shape index (κ3) is 4.30. The summed E-state index contributed by atoms with van der Waals surface area (Å²) in [5.74, 6) is -0.933. The van der Waals surface area contributed by atoms with E-state index < -0.39 is 17.1 Å². The van der Waals surface area contributed by atoms with Gasteiger partial charge in [0.1, 0.15) is 5.82 Å². The second-order valence-corrected chi connectivity index (χ2v) is 8.15. The fraction of sp³-hybridized carbons (Fsp3) is 0.192. The average Bonchev–Trinajstić information content (AvgIpc) is 2.76. The molecule has 0 aliphatic carbocycles. The van der Waals surface area contributed by atoms with E-state index in [2.05, 4.69) is 4.98 Å². The van der Waals surface area contributed by atoms with Crippen LogP contribution >= 0.6 is 0 Å². The van der Waals surface area contributed by atoms with Gasteiger partial charge in [-0.15, -0.1) is 0 Å². The average molecular weight is 430 g/mol. The second-order valence-electron chi connectivity index (χ2n) is 8.15. The number of aromatic nitrogens is 2. The highest BCUT2D eigenvalue weighted by atomic mass is 19.1. The lowest BCUT2D eigenvalue weighted by atomic mass is 9.96. The first-order valence-corrected chi connectivity index (χ1v) is 10.5. The van der Waals surface area contributed by atoms with Crippen molar-refractivity contribution in [1.82, 2.24) is 9.55 Å². The molecule has 6 heteroatoms. The maximum absolute atomic E-state index is 13.2. The molecule has 0 unspecified atom stereocenters. The van der Waals surface area contributed by atoms with Gasteiger partial charge in [0.2, 0.25) is 0 Å². The molecule has 0 spiro atoms. The monoisotopic (exact) mass is 430 g/mol. The lowest BCUT2D eigenvalue weighted by Crippen LogP contribution is -2.37. The highest BCUT2D eigenvalue weighted by Gasteiger charge is 2.20. The van der Waals surface area contributed by atoms with E-state index in [0.29, 0.717) is 23.2 Å². The van der Waals surface area contributed by atoms with Crippen molar-refractivity contribution in [2.75, 3.05) is 0 Å². The van der Waals surface area contributed by atoms with Crippen molar-refractivity contribution >= 4 is 16.6 Å². The molecule has 1 aromatic heterocycles. The summed E-state index contributed by atoms with van der Waals surface area (Å²) in [7, 11) is 0. The Kier molecular flexibility index (Phi) is 5.86. The van der Waals surface area contributed by atoms with Gasteiger partial charge >= 0.3 is 5.69 Å². The topological polar surface area (TPSA) is 71.9 Å². The number of hydrogen-bond donors (Lipinski definition) is 1. The van der Waals surface area contributed by atoms with Gasteiger partial charge in [-0.3, -0.25) is 19.1 Å². The first-order chi connectivity index (χ1) is 15.3. The summed E-state index contributed by atoms with van der Waals surface area (Å²) >= 11 is 0. The van der Waals surface area contributed by atoms with Crippen LogP contribution in [0.4, 0.5) is 4.39 Å². The highest BCUT2D eigenvalue weighted by molar-refractivity contribution is 5.95. The van der Waals surface area contributed by atoms with Crippen molar-refractivity contribution in [2.24, 2.45) is 0 Å². The van der Waals surface area contributed by atoms with Gasteiger partial charge in [0.15, 0.2) is 5.78 Å². The molecule has 3 aromatic carbocycles. The van der Waals surface area contributed by atoms with Crippen LogP contribution in [-0.4, -0.2) is 15.3 Å². The van der Waals surface area contributed by atoms with Gasteiger partial charge in [-0.1, -0.05) is 56.3 Å². The molecule has 1 N–H and O–H groups in total. The molecule has 1 heterocycles. The van der Waals surface area contributed by atoms with Crippen LogP contribution in [0.15, 0.2) is 76.3 Å². The normalized spacial score (nSPS) is 11.2. The van der Waals surface area contributed by atoms with E-state index >= 15 is 0 Å². The third-order valence-corrected chi connectivity index (χ3v) is 5.58. The van der Waals surface area contributed by atoms with E-state index in [1.54, 1.807) is 0 Å². The molecule has 0 radical (unpaired) electrons. The number of halogens is 1. The second kappa shape index (κ2) is 8.75. The summed E-state index contributed by atoms with van der Waals surface area (Å²) in [6.07, 6.45) is 0.328. The van der Waals surface area contributed by atoms with Gasteiger partial charge in [-0.05, 0) is 46.5 Å². The van der Waals surface area contributed by atoms with Crippen molar-refractivity contribution in [3.63, 3.8) is 0 Å².